The monoisotopic (exact) mass is 300 g/mol. The number of aromatic nitrogens is 2. The van der Waals surface area contributed by atoms with Crippen LogP contribution in [0.3, 0.4) is 0 Å². The van der Waals surface area contributed by atoms with Crippen molar-refractivity contribution in [3.8, 4) is 0 Å². The summed E-state index contributed by atoms with van der Waals surface area (Å²) in [6.07, 6.45) is 2.16. The Balaban J connectivity index is 2.60. The fourth-order valence-electron chi connectivity index (χ4n) is 2.24. The molecular formula is C14H15ClF2N2O. The predicted octanol–water partition coefficient (Wildman–Crippen LogP) is 3.48. The lowest BCUT2D eigenvalue weighted by atomic mass is 9.91. The molecule has 1 heterocycles. The molecule has 20 heavy (non-hydrogen) atoms. The fraction of sp³-hybridized carbons (Fsp3) is 0.357. The van der Waals surface area contributed by atoms with Crippen LogP contribution in [-0.2, 0) is 12.1 Å². The van der Waals surface area contributed by atoms with E-state index in [1.165, 1.54) is 29.9 Å². The van der Waals surface area contributed by atoms with E-state index in [4.69, 9.17) is 11.6 Å². The Hall–Kier alpha value is -1.46. The van der Waals surface area contributed by atoms with Crippen molar-refractivity contribution in [1.29, 1.82) is 0 Å². The Bertz CT molecular complexity index is 626. The van der Waals surface area contributed by atoms with Crippen LogP contribution in [0.15, 0.2) is 24.4 Å². The van der Waals surface area contributed by atoms with Gasteiger partial charge in [-0.1, -0.05) is 30.7 Å². The van der Waals surface area contributed by atoms with Crippen LogP contribution in [0.1, 0.15) is 31.5 Å². The van der Waals surface area contributed by atoms with Crippen molar-refractivity contribution in [2.45, 2.75) is 32.4 Å². The maximum atomic E-state index is 13.9. The SMILES string of the molecule is CCCn1ncc(Cl)c1C(C)(O)c1cccc(F)c1F. The van der Waals surface area contributed by atoms with Crippen LogP contribution in [0.25, 0.3) is 0 Å². The number of nitrogens with zero attached hydrogens (tertiary/aromatic N) is 2. The zero-order valence-corrected chi connectivity index (χ0v) is 12.0. The molecule has 108 valence electrons. The van der Waals surface area contributed by atoms with Crippen LogP contribution >= 0.6 is 11.6 Å². The number of aliphatic hydroxyl groups is 1. The lowest BCUT2D eigenvalue weighted by molar-refractivity contribution is 0.0866. The Morgan fingerprint density at radius 2 is 2.10 bits per heavy atom. The minimum atomic E-state index is -1.77. The van der Waals surface area contributed by atoms with E-state index in [-0.39, 0.29) is 16.3 Å². The summed E-state index contributed by atoms with van der Waals surface area (Å²) in [5.74, 6) is -2.10. The van der Waals surface area contributed by atoms with Crippen molar-refractivity contribution in [2.24, 2.45) is 0 Å². The number of halogens is 3. The van der Waals surface area contributed by atoms with Crippen molar-refractivity contribution in [3.05, 3.63) is 52.3 Å². The fourth-order valence-corrected chi connectivity index (χ4v) is 2.56. The minimum Gasteiger partial charge on any atom is -0.379 e. The Morgan fingerprint density at radius 3 is 2.75 bits per heavy atom. The number of rotatable bonds is 4. The summed E-state index contributed by atoms with van der Waals surface area (Å²) in [6, 6.07) is 3.68. The quantitative estimate of drug-likeness (QED) is 0.939. The summed E-state index contributed by atoms with van der Waals surface area (Å²) in [6.45, 7) is 3.84. The average Bonchev–Trinajstić information content (AvgIpc) is 2.75. The Kier molecular flexibility index (Phi) is 4.11. The first-order chi connectivity index (χ1) is 9.39. The molecule has 2 rings (SSSR count). The van der Waals surface area contributed by atoms with Crippen molar-refractivity contribution in [1.82, 2.24) is 9.78 Å². The van der Waals surface area contributed by atoms with E-state index in [0.717, 1.165) is 12.5 Å². The molecule has 0 aliphatic heterocycles. The highest BCUT2D eigenvalue weighted by molar-refractivity contribution is 6.31. The summed E-state index contributed by atoms with van der Waals surface area (Å²) in [5.41, 5.74) is -1.68. The smallest absolute Gasteiger partial charge is 0.165 e. The molecule has 0 amide bonds. The van der Waals surface area contributed by atoms with E-state index in [9.17, 15) is 13.9 Å². The van der Waals surface area contributed by atoms with Crippen LogP contribution in [-0.4, -0.2) is 14.9 Å². The lowest BCUT2D eigenvalue weighted by Gasteiger charge is -2.26. The van der Waals surface area contributed by atoms with Crippen molar-refractivity contribution < 1.29 is 13.9 Å². The first-order valence-corrected chi connectivity index (χ1v) is 6.66. The van der Waals surface area contributed by atoms with E-state index in [1.54, 1.807) is 0 Å². The molecule has 0 aliphatic carbocycles. The molecule has 1 aromatic carbocycles. The van der Waals surface area contributed by atoms with Crippen LogP contribution in [0.4, 0.5) is 8.78 Å². The summed E-state index contributed by atoms with van der Waals surface area (Å²) in [4.78, 5) is 0. The predicted molar refractivity (Wildman–Crippen MR) is 72.6 cm³/mol. The van der Waals surface area contributed by atoms with E-state index >= 15 is 0 Å². The zero-order valence-electron chi connectivity index (χ0n) is 11.2. The van der Waals surface area contributed by atoms with Gasteiger partial charge in [0.15, 0.2) is 11.6 Å². The molecular weight excluding hydrogens is 286 g/mol. The molecule has 0 spiro atoms. The van der Waals surface area contributed by atoms with Gasteiger partial charge in [0.1, 0.15) is 5.60 Å². The Morgan fingerprint density at radius 1 is 1.40 bits per heavy atom. The summed E-state index contributed by atoms with van der Waals surface area (Å²) in [5, 5.41) is 15.0. The first kappa shape index (κ1) is 14.9. The molecule has 1 N–H and O–H groups in total. The van der Waals surface area contributed by atoms with Gasteiger partial charge < -0.3 is 5.11 Å². The average molecular weight is 301 g/mol. The highest BCUT2D eigenvalue weighted by atomic mass is 35.5. The van der Waals surface area contributed by atoms with E-state index < -0.39 is 17.2 Å². The molecule has 2 aromatic rings. The third-order valence-electron chi connectivity index (χ3n) is 3.17. The van der Waals surface area contributed by atoms with Crippen molar-refractivity contribution in [3.63, 3.8) is 0 Å². The van der Waals surface area contributed by atoms with Gasteiger partial charge in [-0.15, -0.1) is 0 Å². The molecule has 0 saturated carbocycles. The van der Waals surface area contributed by atoms with Gasteiger partial charge in [-0.25, -0.2) is 8.78 Å². The van der Waals surface area contributed by atoms with Gasteiger partial charge in [0.05, 0.1) is 16.9 Å². The second-order valence-corrected chi connectivity index (χ2v) is 5.15. The van der Waals surface area contributed by atoms with Crippen LogP contribution < -0.4 is 0 Å². The van der Waals surface area contributed by atoms with Crippen LogP contribution in [0, 0.1) is 11.6 Å². The lowest BCUT2D eigenvalue weighted by Crippen LogP contribution is -2.29. The van der Waals surface area contributed by atoms with Gasteiger partial charge in [-0.3, -0.25) is 4.68 Å². The topological polar surface area (TPSA) is 38.0 Å². The maximum Gasteiger partial charge on any atom is 0.165 e. The molecule has 1 aromatic heterocycles. The molecule has 0 aliphatic rings. The van der Waals surface area contributed by atoms with Gasteiger partial charge in [0.25, 0.3) is 0 Å². The maximum absolute atomic E-state index is 13.9. The number of hydrogen-bond donors (Lipinski definition) is 1. The molecule has 1 atom stereocenters. The molecule has 0 saturated heterocycles. The molecule has 1 unspecified atom stereocenters. The first-order valence-electron chi connectivity index (χ1n) is 6.28. The molecule has 0 bridgehead atoms. The van der Waals surface area contributed by atoms with Crippen LogP contribution in [0.2, 0.25) is 5.02 Å². The molecule has 0 radical (unpaired) electrons. The van der Waals surface area contributed by atoms with Gasteiger partial charge >= 0.3 is 0 Å². The van der Waals surface area contributed by atoms with Gasteiger partial charge in [0.2, 0.25) is 0 Å². The normalized spacial score (nSPS) is 14.3. The molecule has 6 heteroatoms. The van der Waals surface area contributed by atoms with Crippen LogP contribution in [0.5, 0.6) is 0 Å². The van der Waals surface area contributed by atoms with Crippen molar-refractivity contribution in [2.75, 3.05) is 0 Å². The third kappa shape index (κ3) is 2.43. The van der Waals surface area contributed by atoms with E-state index in [1.807, 2.05) is 6.92 Å². The van der Waals surface area contributed by atoms with Crippen molar-refractivity contribution >= 4 is 11.6 Å². The Labute approximate surface area is 120 Å². The van der Waals surface area contributed by atoms with E-state index in [0.29, 0.717) is 6.54 Å². The third-order valence-corrected chi connectivity index (χ3v) is 3.44. The zero-order chi connectivity index (χ0) is 14.9. The van der Waals surface area contributed by atoms with Gasteiger partial charge in [-0.2, -0.15) is 5.10 Å². The second kappa shape index (κ2) is 5.50. The number of benzene rings is 1. The molecule has 3 nitrogen and oxygen atoms in total. The largest absolute Gasteiger partial charge is 0.379 e. The van der Waals surface area contributed by atoms with Gasteiger partial charge in [-0.05, 0) is 19.4 Å². The molecule has 0 fully saturated rings. The van der Waals surface area contributed by atoms with Gasteiger partial charge in [0, 0.05) is 12.1 Å². The second-order valence-electron chi connectivity index (χ2n) is 4.74. The number of aryl methyl sites for hydroxylation is 1. The minimum absolute atomic E-state index is 0.169. The summed E-state index contributed by atoms with van der Waals surface area (Å²) in [7, 11) is 0. The van der Waals surface area contributed by atoms with E-state index in [2.05, 4.69) is 5.10 Å². The highest BCUT2D eigenvalue weighted by Crippen LogP contribution is 2.35. The highest BCUT2D eigenvalue weighted by Gasteiger charge is 2.35. The summed E-state index contributed by atoms with van der Waals surface area (Å²) >= 11 is 6.05. The summed E-state index contributed by atoms with van der Waals surface area (Å²) < 4.78 is 28.8. The number of hydrogen-bond acceptors (Lipinski definition) is 2. The standard InChI is InChI=1S/C14H15ClF2N2O/c1-3-7-19-13(10(15)8-18-19)14(2,20)9-5-4-6-11(16)12(9)17/h4-6,8,20H,3,7H2,1-2H3.